The maximum absolute atomic E-state index is 12.0. The van der Waals surface area contributed by atoms with Crippen molar-refractivity contribution in [3.8, 4) is 0 Å². The summed E-state index contributed by atoms with van der Waals surface area (Å²) in [5.74, 6) is -0.102. The van der Waals surface area contributed by atoms with Gasteiger partial charge in [0.05, 0.1) is 10.6 Å². The average Bonchev–Trinajstić information content (AvgIpc) is 2.58. The van der Waals surface area contributed by atoms with E-state index in [0.717, 1.165) is 12.8 Å². The normalized spacial score (nSPS) is 17.5. The second-order valence-electron chi connectivity index (χ2n) is 4.52. The number of hydrogen-bond donors (Lipinski definition) is 1. The van der Waals surface area contributed by atoms with Crippen molar-refractivity contribution in [3.05, 3.63) is 29.0 Å². The molecule has 0 spiro atoms. The third-order valence-corrected chi connectivity index (χ3v) is 3.53. The highest BCUT2D eigenvalue weighted by Crippen LogP contribution is 2.19. The molecule has 0 unspecified atom stereocenters. The molecule has 1 saturated carbocycles. The number of hydrogen-bond acceptors (Lipinski definition) is 2. The van der Waals surface area contributed by atoms with Crippen LogP contribution in [0.3, 0.4) is 0 Å². The van der Waals surface area contributed by atoms with Gasteiger partial charge in [0.25, 0.3) is 5.91 Å². The molecule has 1 aliphatic rings. The van der Waals surface area contributed by atoms with Gasteiger partial charge in [-0.25, -0.2) is 0 Å². The third kappa shape index (κ3) is 3.43. The van der Waals surface area contributed by atoms with Gasteiger partial charge in [0.1, 0.15) is 0 Å². The van der Waals surface area contributed by atoms with Gasteiger partial charge in [0, 0.05) is 18.4 Å². The molecule has 0 bridgehead atoms. The van der Waals surface area contributed by atoms with Crippen LogP contribution in [0.15, 0.2) is 18.5 Å². The van der Waals surface area contributed by atoms with E-state index in [1.54, 1.807) is 12.3 Å². The van der Waals surface area contributed by atoms with E-state index in [1.807, 2.05) is 0 Å². The van der Waals surface area contributed by atoms with Gasteiger partial charge in [-0.2, -0.15) is 0 Å². The zero-order valence-corrected chi connectivity index (χ0v) is 10.5. The molecule has 1 aromatic heterocycles. The lowest BCUT2D eigenvalue weighted by Crippen LogP contribution is -2.34. The maximum Gasteiger partial charge on any atom is 0.254 e. The van der Waals surface area contributed by atoms with Crippen LogP contribution >= 0.6 is 11.6 Å². The standard InChI is InChI=1S/C13H17ClN2O/c14-12-7-8-15-9-11(12)13(17)16-10-5-3-1-2-4-6-10/h7-10H,1-6H2,(H,16,17). The summed E-state index contributed by atoms with van der Waals surface area (Å²) < 4.78 is 0. The minimum atomic E-state index is -0.102. The van der Waals surface area contributed by atoms with Gasteiger partial charge in [-0.05, 0) is 18.9 Å². The minimum absolute atomic E-state index is 0.102. The zero-order valence-electron chi connectivity index (χ0n) is 9.79. The molecule has 0 aliphatic heterocycles. The quantitative estimate of drug-likeness (QED) is 0.822. The molecular formula is C13H17ClN2O. The molecule has 92 valence electrons. The first kappa shape index (κ1) is 12.4. The van der Waals surface area contributed by atoms with Crippen LogP contribution in [0.5, 0.6) is 0 Å². The SMILES string of the molecule is O=C(NC1CCCCCC1)c1cnccc1Cl. The van der Waals surface area contributed by atoms with E-state index < -0.39 is 0 Å². The van der Waals surface area contributed by atoms with E-state index in [9.17, 15) is 4.79 Å². The Morgan fingerprint density at radius 2 is 2.00 bits per heavy atom. The molecule has 2 rings (SSSR count). The lowest BCUT2D eigenvalue weighted by molar-refractivity contribution is 0.0933. The van der Waals surface area contributed by atoms with Crippen molar-refractivity contribution in [2.75, 3.05) is 0 Å². The predicted molar refractivity (Wildman–Crippen MR) is 68.2 cm³/mol. The highest BCUT2D eigenvalue weighted by atomic mass is 35.5. The predicted octanol–water partition coefficient (Wildman–Crippen LogP) is 3.19. The summed E-state index contributed by atoms with van der Waals surface area (Å²) in [5.41, 5.74) is 0.471. The van der Waals surface area contributed by atoms with E-state index in [4.69, 9.17) is 11.6 Å². The van der Waals surface area contributed by atoms with Crippen molar-refractivity contribution in [2.24, 2.45) is 0 Å². The molecule has 1 amide bonds. The molecule has 1 aromatic rings. The largest absolute Gasteiger partial charge is 0.349 e. The number of carbonyl (C=O) groups excluding carboxylic acids is 1. The van der Waals surface area contributed by atoms with Gasteiger partial charge in [0.2, 0.25) is 0 Å². The second kappa shape index (κ2) is 6.01. The molecule has 0 aromatic carbocycles. The van der Waals surface area contributed by atoms with Crippen LogP contribution in [0.25, 0.3) is 0 Å². The highest BCUT2D eigenvalue weighted by molar-refractivity contribution is 6.33. The lowest BCUT2D eigenvalue weighted by Gasteiger charge is -2.16. The fraction of sp³-hybridized carbons (Fsp3) is 0.538. The van der Waals surface area contributed by atoms with Crippen LogP contribution in [-0.2, 0) is 0 Å². The molecule has 3 nitrogen and oxygen atoms in total. The summed E-state index contributed by atoms with van der Waals surface area (Å²) in [5, 5.41) is 3.52. The van der Waals surface area contributed by atoms with Crippen molar-refractivity contribution in [1.29, 1.82) is 0 Å². The van der Waals surface area contributed by atoms with E-state index in [2.05, 4.69) is 10.3 Å². The van der Waals surface area contributed by atoms with Crippen LogP contribution in [0.2, 0.25) is 5.02 Å². The van der Waals surface area contributed by atoms with Crippen LogP contribution in [0.4, 0.5) is 0 Å². The smallest absolute Gasteiger partial charge is 0.254 e. The van der Waals surface area contributed by atoms with Gasteiger partial charge in [-0.1, -0.05) is 37.3 Å². The molecule has 1 aliphatic carbocycles. The molecule has 1 N–H and O–H groups in total. The number of pyridine rings is 1. The fourth-order valence-electron chi connectivity index (χ4n) is 2.23. The van der Waals surface area contributed by atoms with E-state index >= 15 is 0 Å². The highest BCUT2D eigenvalue weighted by Gasteiger charge is 2.17. The lowest BCUT2D eigenvalue weighted by atomic mass is 10.1. The summed E-state index contributed by atoms with van der Waals surface area (Å²) in [7, 11) is 0. The molecule has 1 heterocycles. The molecule has 4 heteroatoms. The van der Waals surface area contributed by atoms with Crippen molar-refractivity contribution in [2.45, 2.75) is 44.6 Å². The number of halogens is 1. The Morgan fingerprint density at radius 3 is 2.65 bits per heavy atom. The van der Waals surface area contributed by atoms with Gasteiger partial charge >= 0.3 is 0 Å². The molecular weight excluding hydrogens is 236 g/mol. The van der Waals surface area contributed by atoms with Crippen LogP contribution in [0.1, 0.15) is 48.9 Å². The zero-order chi connectivity index (χ0) is 12.1. The molecule has 17 heavy (non-hydrogen) atoms. The first-order valence-corrected chi connectivity index (χ1v) is 6.55. The number of aromatic nitrogens is 1. The molecule has 1 fully saturated rings. The Bertz CT molecular complexity index is 387. The Labute approximate surface area is 107 Å². The molecule has 0 saturated heterocycles. The Morgan fingerprint density at radius 1 is 1.29 bits per heavy atom. The number of nitrogens with one attached hydrogen (secondary N) is 1. The van der Waals surface area contributed by atoms with Gasteiger partial charge < -0.3 is 5.32 Å². The first-order chi connectivity index (χ1) is 8.27. The maximum atomic E-state index is 12.0. The van der Waals surface area contributed by atoms with Crippen LogP contribution < -0.4 is 5.32 Å². The molecule has 0 atom stereocenters. The van der Waals surface area contributed by atoms with E-state index in [-0.39, 0.29) is 5.91 Å². The Hall–Kier alpha value is -1.09. The van der Waals surface area contributed by atoms with Crippen molar-refractivity contribution >= 4 is 17.5 Å². The Kier molecular flexibility index (Phi) is 4.37. The summed E-state index contributed by atoms with van der Waals surface area (Å²) in [4.78, 5) is 15.9. The third-order valence-electron chi connectivity index (χ3n) is 3.20. The monoisotopic (exact) mass is 252 g/mol. The Balaban J connectivity index is 1.98. The summed E-state index contributed by atoms with van der Waals surface area (Å²) >= 11 is 5.97. The number of nitrogens with zero attached hydrogens (tertiary/aromatic N) is 1. The summed E-state index contributed by atoms with van der Waals surface area (Å²) in [6, 6.07) is 1.94. The first-order valence-electron chi connectivity index (χ1n) is 6.18. The summed E-state index contributed by atoms with van der Waals surface area (Å²) in [6.07, 6.45) is 10.2. The van der Waals surface area contributed by atoms with Crippen LogP contribution in [-0.4, -0.2) is 16.9 Å². The van der Waals surface area contributed by atoms with Gasteiger partial charge in [-0.15, -0.1) is 0 Å². The van der Waals surface area contributed by atoms with Crippen LogP contribution in [0, 0.1) is 0 Å². The number of carbonyl (C=O) groups is 1. The number of amides is 1. The van der Waals surface area contributed by atoms with Crippen molar-refractivity contribution in [3.63, 3.8) is 0 Å². The fourth-order valence-corrected chi connectivity index (χ4v) is 2.42. The summed E-state index contributed by atoms with van der Waals surface area (Å²) in [6.45, 7) is 0. The van der Waals surface area contributed by atoms with Crippen molar-refractivity contribution in [1.82, 2.24) is 10.3 Å². The average molecular weight is 253 g/mol. The minimum Gasteiger partial charge on any atom is -0.349 e. The van der Waals surface area contributed by atoms with Crippen molar-refractivity contribution < 1.29 is 4.79 Å². The van der Waals surface area contributed by atoms with Gasteiger partial charge in [-0.3, -0.25) is 9.78 Å². The van der Waals surface area contributed by atoms with Gasteiger partial charge in [0.15, 0.2) is 0 Å². The molecule has 0 radical (unpaired) electrons. The second-order valence-corrected chi connectivity index (χ2v) is 4.92. The van der Waals surface area contributed by atoms with E-state index in [1.165, 1.54) is 31.9 Å². The van der Waals surface area contributed by atoms with E-state index in [0.29, 0.717) is 16.6 Å². The topological polar surface area (TPSA) is 42.0 Å². The number of rotatable bonds is 2.